The largest absolute Gasteiger partial charge is 0.541 e. The van der Waals surface area contributed by atoms with Gasteiger partial charge in [-0.2, -0.15) is 0 Å². The second-order valence-corrected chi connectivity index (χ2v) is 2.02. The quantitative estimate of drug-likeness (QED) is 0.664. The Kier molecular flexibility index (Phi) is 8.98. The summed E-state index contributed by atoms with van der Waals surface area (Å²) >= 11 is 0. The van der Waals surface area contributed by atoms with Crippen molar-refractivity contribution in [1.82, 2.24) is 4.90 Å². The molecule has 0 aliphatic carbocycles. The summed E-state index contributed by atoms with van der Waals surface area (Å²) in [5.74, 6) is 0.0627. The van der Waals surface area contributed by atoms with Crippen molar-refractivity contribution in [3.05, 3.63) is 0 Å². The molecule has 0 bridgehead atoms. The van der Waals surface area contributed by atoms with Crippen LogP contribution in [0, 0.1) is 0 Å². The molecule has 0 heterocycles. The molecule has 10 heavy (non-hydrogen) atoms. The second-order valence-electron chi connectivity index (χ2n) is 2.02. The molecule has 0 atom stereocenters. The zero-order valence-electron chi connectivity index (χ0n) is 6.09. The average molecular weight is 312 g/mol. The SMILES string of the molecule is CC(=O)CN(C)C[C-]=O.[W]. The molecule has 0 unspecified atom stereocenters. The van der Waals surface area contributed by atoms with Crippen molar-refractivity contribution in [2.45, 2.75) is 6.92 Å². The molecule has 0 N–H and O–H groups in total. The predicted octanol–water partition coefficient (Wildman–Crippen LogP) is -0.386. The normalized spacial score (nSPS) is 8.70. The molecule has 4 heteroatoms. The van der Waals surface area contributed by atoms with Gasteiger partial charge in [0.2, 0.25) is 0 Å². The number of hydrogen-bond acceptors (Lipinski definition) is 3. The number of ketones is 1. The third-order valence-corrected chi connectivity index (χ3v) is 0.827. The van der Waals surface area contributed by atoms with Crippen LogP contribution in [0.5, 0.6) is 0 Å². The summed E-state index contributed by atoms with van der Waals surface area (Å²) < 4.78 is 0. The molecule has 0 spiro atoms. The standard InChI is InChI=1S/C6H10NO2.W/c1-6(9)5-7(2)3-4-8;/h3,5H2,1-2H3;/q-1;. The Morgan fingerprint density at radius 2 is 2.10 bits per heavy atom. The Hall–Kier alpha value is -0.0117. The zero-order valence-corrected chi connectivity index (χ0v) is 9.02. The van der Waals surface area contributed by atoms with E-state index < -0.39 is 0 Å². The molecule has 0 amide bonds. The van der Waals surface area contributed by atoms with E-state index in [1.165, 1.54) is 6.92 Å². The van der Waals surface area contributed by atoms with Gasteiger partial charge in [0.1, 0.15) is 5.78 Å². The van der Waals surface area contributed by atoms with Crippen LogP contribution in [0.1, 0.15) is 6.92 Å². The molecule has 0 rings (SSSR count). The Bertz CT molecular complexity index is 116. The van der Waals surface area contributed by atoms with Crippen molar-refractivity contribution in [2.24, 2.45) is 0 Å². The summed E-state index contributed by atoms with van der Waals surface area (Å²) in [4.78, 5) is 21.7. The molecule has 0 fully saturated rings. The summed E-state index contributed by atoms with van der Waals surface area (Å²) in [5.41, 5.74) is 0. The summed E-state index contributed by atoms with van der Waals surface area (Å²) in [6.45, 7) is 2.02. The van der Waals surface area contributed by atoms with Crippen LogP contribution in [0.4, 0.5) is 0 Å². The fourth-order valence-corrected chi connectivity index (χ4v) is 0.546. The van der Waals surface area contributed by atoms with Gasteiger partial charge < -0.3 is 9.69 Å². The van der Waals surface area contributed by atoms with Crippen molar-refractivity contribution >= 4 is 12.1 Å². The van der Waals surface area contributed by atoms with Gasteiger partial charge in [0.05, 0.1) is 6.54 Å². The fourth-order valence-electron chi connectivity index (χ4n) is 0.546. The molecule has 0 aromatic carbocycles. The molecule has 0 saturated carbocycles. The van der Waals surface area contributed by atoms with E-state index in [1.54, 1.807) is 18.2 Å². The summed E-state index contributed by atoms with van der Waals surface area (Å²) in [6, 6.07) is 0. The van der Waals surface area contributed by atoms with Crippen molar-refractivity contribution in [3.8, 4) is 0 Å². The molecule has 0 aliphatic heterocycles. The van der Waals surface area contributed by atoms with Crippen LogP contribution in [0.3, 0.4) is 0 Å². The molecular formula is C6H10NO2W-. The van der Waals surface area contributed by atoms with Gasteiger partial charge in [-0.3, -0.25) is 4.79 Å². The van der Waals surface area contributed by atoms with Crippen LogP contribution in [-0.2, 0) is 30.7 Å². The Morgan fingerprint density at radius 3 is 2.40 bits per heavy atom. The van der Waals surface area contributed by atoms with Gasteiger partial charge in [-0.25, -0.2) is 6.29 Å². The molecule has 58 valence electrons. The number of likely N-dealkylation sites (N-methyl/N-ethyl adjacent to an activating group) is 1. The third kappa shape index (κ3) is 7.99. The Labute approximate surface area is 75.0 Å². The van der Waals surface area contributed by atoms with E-state index in [-0.39, 0.29) is 33.4 Å². The maximum absolute atomic E-state index is 10.4. The predicted molar refractivity (Wildman–Crippen MR) is 33.9 cm³/mol. The van der Waals surface area contributed by atoms with Crippen LogP contribution < -0.4 is 0 Å². The second kappa shape index (κ2) is 7.10. The van der Waals surface area contributed by atoms with Crippen LogP contribution in [0.2, 0.25) is 0 Å². The zero-order chi connectivity index (χ0) is 7.28. The summed E-state index contributed by atoms with van der Waals surface area (Å²) in [5, 5.41) is 0. The van der Waals surface area contributed by atoms with Crippen molar-refractivity contribution < 1.29 is 30.7 Å². The van der Waals surface area contributed by atoms with Gasteiger partial charge in [-0.1, -0.05) is 6.54 Å². The van der Waals surface area contributed by atoms with Gasteiger partial charge in [0.15, 0.2) is 0 Å². The molecule has 0 radical (unpaired) electrons. The van der Waals surface area contributed by atoms with E-state index in [9.17, 15) is 9.59 Å². The maximum atomic E-state index is 10.4. The van der Waals surface area contributed by atoms with Gasteiger partial charge in [-0.05, 0) is 14.0 Å². The van der Waals surface area contributed by atoms with Crippen LogP contribution in [0.15, 0.2) is 0 Å². The van der Waals surface area contributed by atoms with Crippen molar-refractivity contribution in [3.63, 3.8) is 0 Å². The van der Waals surface area contributed by atoms with Gasteiger partial charge in [-0.15, -0.1) is 0 Å². The van der Waals surface area contributed by atoms with E-state index in [4.69, 9.17) is 0 Å². The number of hydrogen-bond donors (Lipinski definition) is 0. The number of carbonyl (C=O) groups is 1. The molecular weight excluding hydrogens is 302 g/mol. The monoisotopic (exact) mass is 312 g/mol. The molecule has 0 saturated heterocycles. The van der Waals surface area contributed by atoms with Crippen LogP contribution >= 0.6 is 0 Å². The number of carbonyl (C=O) groups excluding carboxylic acids is 2. The molecule has 0 aliphatic rings. The summed E-state index contributed by atoms with van der Waals surface area (Å²) in [7, 11) is 1.70. The first kappa shape index (κ1) is 12.6. The molecule has 3 nitrogen and oxygen atoms in total. The average Bonchev–Trinajstić information content (AvgIpc) is 1.63. The minimum atomic E-state index is 0. The van der Waals surface area contributed by atoms with Crippen molar-refractivity contribution in [1.29, 1.82) is 0 Å². The first-order valence-electron chi connectivity index (χ1n) is 2.70. The smallest absolute Gasteiger partial charge is 0.143 e. The minimum absolute atomic E-state index is 0. The first-order valence-corrected chi connectivity index (χ1v) is 2.70. The first-order chi connectivity index (χ1) is 4.16. The van der Waals surface area contributed by atoms with Crippen LogP contribution in [0.25, 0.3) is 0 Å². The van der Waals surface area contributed by atoms with Gasteiger partial charge in [0, 0.05) is 21.1 Å². The number of nitrogens with zero attached hydrogens (tertiary/aromatic N) is 1. The van der Waals surface area contributed by atoms with Gasteiger partial charge in [0.25, 0.3) is 0 Å². The van der Waals surface area contributed by atoms with E-state index >= 15 is 0 Å². The summed E-state index contributed by atoms with van der Waals surface area (Å²) in [6.07, 6.45) is 1.70. The van der Waals surface area contributed by atoms with E-state index in [2.05, 4.69) is 0 Å². The molecule has 0 aromatic heterocycles. The number of rotatable bonds is 4. The van der Waals surface area contributed by atoms with E-state index in [0.29, 0.717) is 6.54 Å². The maximum Gasteiger partial charge on any atom is 0.143 e. The van der Waals surface area contributed by atoms with Crippen LogP contribution in [-0.4, -0.2) is 37.1 Å². The molecule has 0 aromatic rings. The minimum Gasteiger partial charge on any atom is -0.541 e. The topological polar surface area (TPSA) is 37.4 Å². The van der Waals surface area contributed by atoms with Crippen molar-refractivity contribution in [2.75, 3.05) is 20.1 Å². The third-order valence-electron chi connectivity index (χ3n) is 0.827. The Balaban J connectivity index is 0. The Morgan fingerprint density at radius 1 is 1.60 bits per heavy atom. The van der Waals surface area contributed by atoms with E-state index in [0.717, 1.165) is 0 Å². The van der Waals surface area contributed by atoms with Gasteiger partial charge >= 0.3 is 0 Å². The number of Topliss-reactive ketones (excluding diaryl/α,β-unsaturated/α-hetero) is 1. The van der Waals surface area contributed by atoms with E-state index in [1.807, 2.05) is 0 Å². The fraction of sp³-hybridized carbons (Fsp3) is 0.667.